The molecule has 0 saturated carbocycles. The van der Waals surface area contributed by atoms with Gasteiger partial charge in [-0.3, -0.25) is 4.79 Å². The van der Waals surface area contributed by atoms with Crippen molar-refractivity contribution in [3.63, 3.8) is 0 Å². The van der Waals surface area contributed by atoms with E-state index in [1.807, 2.05) is 37.3 Å². The molecule has 0 saturated heterocycles. The van der Waals surface area contributed by atoms with E-state index in [-0.39, 0.29) is 36.4 Å². The number of carbonyl (C=O) groups excluding carboxylic acids is 1. The van der Waals surface area contributed by atoms with Crippen LogP contribution in [0.1, 0.15) is 45.1 Å². The van der Waals surface area contributed by atoms with Crippen molar-refractivity contribution in [3.05, 3.63) is 35.9 Å². The highest BCUT2D eigenvalue weighted by atomic mass is 127. The summed E-state index contributed by atoms with van der Waals surface area (Å²) >= 11 is 0. The summed E-state index contributed by atoms with van der Waals surface area (Å²) in [5, 5.41) is 3.06. The van der Waals surface area contributed by atoms with Gasteiger partial charge in [-0.25, -0.2) is 4.99 Å². The van der Waals surface area contributed by atoms with E-state index in [2.05, 4.69) is 17.2 Å². The first-order chi connectivity index (χ1) is 11.2. The molecule has 0 aliphatic carbocycles. The summed E-state index contributed by atoms with van der Waals surface area (Å²) in [6.07, 6.45) is 4.72. The number of halogens is 1. The Balaban J connectivity index is 0.00000529. The second kappa shape index (κ2) is 14.1. The van der Waals surface area contributed by atoms with E-state index < -0.39 is 0 Å². The van der Waals surface area contributed by atoms with E-state index >= 15 is 0 Å². The fourth-order valence-electron chi connectivity index (χ4n) is 2.26. The van der Waals surface area contributed by atoms with Gasteiger partial charge < -0.3 is 16.0 Å². The minimum absolute atomic E-state index is 0. The summed E-state index contributed by atoms with van der Waals surface area (Å²) in [7, 11) is 0. The predicted octanol–water partition coefficient (Wildman–Crippen LogP) is 3.14. The number of likely N-dealkylation sites (N-methyl/N-ethyl adjacent to an activating group) is 1. The van der Waals surface area contributed by atoms with Crippen LogP contribution in [0.3, 0.4) is 0 Å². The fourth-order valence-corrected chi connectivity index (χ4v) is 2.26. The molecule has 0 heterocycles. The molecule has 0 aromatic heterocycles. The third kappa shape index (κ3) is 9.75. The zero-order valence-electron chi connectivity index (χ0n) is 14.8. The summed E-state index contributed by atoms with van der Waals surface area (Å²) in [4.78, 5) is 18.2. The van der Waals surface area contributed by atoms with Crippen LogP contribution in [-0.2, 0) is 11.3 Å². The molecule has 6 heteroatoms. The smallest absolute Gasteiger partial charge is 0.244 e. The van der Waals surface area contributed by atoms with Crippen LogP contribution in [0.2, 0.25) is 0 Å². The average Bonchev–Trinajstić information content (AvgIpc) is 2.58. The third-order valence-electron chi connectivity index (χ3n) is 3.67. The van der Waals surface area contributed by atoms with E-state index in [1.54, 1.807) is 4.90 Å². The van der Waals surface area contributed by atoms with Crippen LogP contribution in [0.25, 0.3) is 0 Å². The Labute approximate surface area is 163 Å². The Morgan fingerprint density at radius 1 is 1.17 bits per heavy atom. The van der Waals surface area contributed by atoms with Gasteiger partial charge in [0.2, 0.25) is 5.91 Å². The Morgan fingerprint density at radius 2 is 1.88 bits per heavy atom. The van der Waals surface area contributed by atoms with Crippen molar-refractivity contribution >= 4 is 35.8 Å². The van der Waals surface area contributed by atoms with Gasteiger partial charge in [0.1, 0.15) is 6.54 Å². The number of guanidine groups is 1. The molecule has 1 aromatic carbocycles. The van der Waals surface area contributed by atoms with Gasteiger partial charge in [-0.05, 0) is 18.9 Å². The lowest BCUT2D eigenvalue weighted by atomic mass is 10.2. The van der Waals surface area contributed by atoms with Crippen molar-refractivity contribution in [2.75, 3.05) is 19.6 Å². The highest BCUT2D eigenvalue weighted by Gasteiger charge is 2.11. The quantitative estimate of drug-likeness (QED) is 0.251. The van der Waals surface area contributed by atoms with Gasteiger partial charge in [0.25, 0.3) is 0 Å². The number of rotatable bonds is 10. The molecule has 0 unspecified atom stereocenters. The fraction of sp³-hybridized carbons (Fsp3) is 0.556. The second-order valence-corrected chi connectivity index (χ2v) is 5.58. The van der Waals surface area contributed by atoms with Gasteiger partial charge in [0.15, 0.2) is 5.96 Å². The van der Waals surface area contributed by atoms with Gasteiger partial charge in [0, 0.05) is 19.6 Å². The average molecular weight is 446 g/mol. The molecule has 3 N–H and O–H groups in total. The molecule has 5 nitrogen and oxygen atoms in total. The number of nitrogens with zero attached hydrogens (tertiary/aromatic N) is 2. The molecular weight excluding hydrogens is 415 g/mol. The zero-order chi connectivity index (χ0) is 16.9. The van der Waals surface area contributed by atoms with Gasteiger partial charge in [-0.15, -0.1) is 24.0 Å². The van der Waals surface area contributed by atoms with Crippen LogP contribution in [0.15, 0.2) is 35.3 Å². The van der Waals surface area contributed by atoms with Crippen molar-refractivity contribution in [2.45, 2.75) is 46.1 Å². The van der Waals surface area contributed by atoms with Crippen molar-refractivity contribution in [3.8, 4) is 0 Å². The number of benzene rings is 1. The third-order valence-corrected chi connectivity index (χ3v) is 3.67. The van der Waals surface area contributed by atoms with E-state index in [1.165, 1.54) is 19.3 Å². The lowest BCUT2D eigenvalue weighted by Crippen LogP contribution is -2.36. The Bertz CT molecular complexity index is 479. The topological polar surface area (TPSA) is 70.7 Å². The zero-order valence-corrected chi connectivity index (χ0v) is 17.2. The summed E-state index contributed by atoms with van der Waals surface area (Å²) in [5.41, 5.74) is 6.92. The standard InChI is InChI=1S/C18H30N4O.HI/c1-3-5-6-10-13-20-18(19)21-14-17(23)22(4-2)15-16-11-8-7-9-12-16;/h7-9,11-12H,3-6,10,13-15H2,1-2H3,(H3,19,20,21);1H. The highest BCUT2D eigenvalue weighted by Crippen LogP contribution is 2.04. The number of unbranched alkanes of at least 4 members (excludes halogenated alkanes) is 3. The molecule has 0 spiro atoms. The largest absolute Gasteiger partial charge is 0.370 e. The maximum Gasteiger partial charge on any atom is 0.244 e. The SMILES string of the molecule is CCCCCCNC(N)=NCC(=O)N(CC)Cc1ccccc1.I. The molecular formula is C18H31IN4O. The van der Waals surface area contributed by atoms with E-state index in [0.29, 0.717) is 19.0 Å². The van der Waals surface area contributed by atoms with Crippen LogP contribution in [0.5, 0.6) is 0 Å². The number of amides is 1. The van der Waals surface area contributed by atoms with Crippen LogP contribution >= 0.6 is 24.0 Å². The van der Waals surface area contributed by atoms with Crippen LogP contribution in [0, 0.1) is 0 Å². The van der Waals surface area contributed by atoms with Crippen molar-refractivity contribution < 1.29 is 4.79 Å². The molecule has 0 fully saturated rings. The lowest BCUT2D eigenvalue weighted by Gasteiger charge is -2.20. The van der Waals surface area contributed by atoms with Crippen LogP contribution in [0.4, 0.5) is 0 Å². The van der Waals surface area contributed by atoms with Crippen LogP contribution in [-0.4, -0.2) is 36.4 Å². The number of hydrogen-bond acceptors (Lipinski definition) is 2. The minimum atomic E-state index is -0.00733. The molecule has 24 heavy (non-hydrogen) atoms. The van der Waals surface area contributed by atoms with Gasteiger partial charge in [-0.2, -0.15) is 0 Å². The molecule has 1 aromatic rings. The Hall–Kier alpha value is -1.31. The number of carbonyl (C=O) groups is 1. The molecule has 1 amide bonds. The molecule has 136 valence electrons. The van der Waals surface area contributed by atoms with E-state index in [0.717, 1.165) is 18.5 Å². The summed E-state index contributed by atoms with van der Waals surface area (Å²) < 4.78 is 0. The van der Waals surface area contributed by atoms with Crippen LogP contribution < -0.4 is 11.1 Å². The Kier molecular flexibility index (Phi) is 13.3. The minimum Gasteiger partial charge on any atom is -0.370 e. The van der Waals surface area contributed by atoms with Crippen molar-refractivity contribution in [1.29, 1.82) is 0 Å². The molecule has 0 radical (unpaired) electrons. The molecule has 0 aliphatic rings. The number of hydrogen-bond donors (Lipinski definition) is 2. The van der Waals surface area contributed by atoms with Crippen molar-refractivity contribution in [1.82, 2.24) is 10.2 Å². The van der Waals surface area contributed by atoms with Crippen molar-refractivity contribution in [2.24, 2.45) is 10.7 Å². The molecule has 0 atom stereocenters. The maximum atomic E-state index is 12.2. The molecule has 1 rings (SSSR count). The second-order valence-electron chi connectivity index (χ2n) is 5.58. The summed E-state index contributed by atoms with van der Waals surface area (Å²) in [6.45, 7) is 6.33. The molecule has 0 aliphatic heterocycles. The number of nitrogens with two attached hydrogens (primary N) is 1. The number of nitrogens with one attached hydrogen (secondary N) is 1. The molecule has 0 bridgehead atoms. The van der Waals surface area contributed by atoms with E-state index in [9.17, 15) is 4.79 Å². The highest BCUT2D eigenvalue weighted by molar-refractivity contribution is 14.0. The number of aliphatic imine (C=N–C) groups is 1. The Morgan fingerprint density at radius 3 is 2.50 bits per heavy atom. The monoisotopic (exact) mass is 446 g/mol. The first-order valence-corrected chi connectivity index (χ1v) is 8.52. The predicted molar refractivity (Wildman–Crippen MR) is 112 cm³/mol. The first-order valence-electron chi connectivity index (χ1n) is 8.52. The maximum absolute atomic E-state index is 12.2. The summed E-state index contributed by atoms with van der Waals surface area (Å²) in [6, 6.07) is 9.97. The van der Waals surface area contributed by atoms with Gasteiger partial charge in [0.05, 0.1) is 0 Å². The summed E-state index contributed by atoms with van der Waals surface area (Å²) in [5.74, 6) is 0.345. The normalized spacial score (nSPS) is 10.8. The van der Waals surface area contributed by atoms with Gasteiger partial charge in [-0.1, -0.05) is 56.5 Å². The van der Waals surface area contributed by atoms with E-state index in [4.69, 9.17) is 5.73 Å². The van der Waals surface area contributed by atoms with Gasteiger partial charge >= 0.3 is 0 Å². The first kappa shape index (κ1) is 22.7. The lowest BCUT2D eigenvalue weighted by molar-refractivity contribution is -0.130.